The fraction of sp³-hybridized carbons (Fsp3) is 0.583. The molecule has 0 aromatic carbocycles. The molecule has 4 heteroatoms. The van der Waals surface area contributed by atoms with Crippen molar-refractivity contribution in [2.75, 3.05) is 11.9 Å². The first-order valence-electron chi connectivity index (χ1n) is 5.87. The van der Waals surface area contributed by atoms with Crippen LogP contribution in [-0.2, 0) is 0 Å². The highest BCUT2D eigenvalue weighted by Gasteiger charge is 2.21. The molecule has 3 nitrogen and oxygen atoms in total. The standard InChI is InChI=1S/C12H18BrN3/c13-10-5-3-7-15-12(10)16-8-9-4-1-2-6-11(9)14/h3,5,7,9,11H,1-2,4,6,8,14H2,(H,15,16). The number of nitrogens with one attached hydrogen (secondary N) is 1. The van der Waals surface area contributed by atoms with E-state index < -0.39 is 0 Å². The van der Waals surface area contributed by atoms with Crippen molar-refractivity contribution in [3.63, 3.8) is 0 Å². The molecular formula is C12H18BrN3. The van der Waals surface area contributed by atoms with Gasteiger partial charge < -0.3 is 11.1 Å². The van der Waals surface area contributed by atoms with Crippen LogP contribution in [0.5, 0.6) is 0 Å². The lowest BCUT2D eigenvalue weighted by atomic mass is 9.85. The van der Waals surface area contributed by atoms with E-state index in [2.05, 4.69) is 26.2 Å². The molecule has 0 aliphatic heterocycles. The number of halogens is 1. The van der Waals surface area contributed by atoms with Gasteiger partial charge in [0.1, 0.15) is 5.82 Å². The lowest BCUT2D eigenvalue weighted by Gasteiger charge is -2.28. The Balaban J connectivity index is 1.89. The molecule has 1 aliphatic carbocycles. The first-order chi connectivity index (χ1) is 7.77. The Bertz CT molecular complexity index is 343. The number of hydrogen-bond acceptors (Lipinski definition) is 3. The minimum absolute atomic E-state index is 0.351. The van der Waals surface area contributed by atoms with E-state index >= 15 is 0 Å². The van der Waals surface area contributed by atoms with Crippen molar-refractivity contribution in [2.45, 2.75) is 31.7 Å². The highest BCUT2D eigenvalue weighted by Crippen LogP contribution is 2.24. The van der Waals surface area contributed by atoms with Crippen LogP contribution in [0.2, 0.25) is 0 Å². The molecule has 0 spiro atoms. The van der Waals surface area contributed by atoms with Crippen molar-refractivity contribution in [2.24, 2.45) is 11.7 Å². The van der Waals surface area contributed by atoms with Crippen LogP contribution in [0.4, 0.5) is 5.82 Å². The zero-order chi connectivity index (χ0) is 11.4. The number of anilines is 1. The van der Waals surface area contributed by atoms with Crippen molar-refractivity contribution in [3.05, 3.63) is 22.8 Å². The van der Waals surface area contributed by atoms with Gasteiger partial charge in [0, 0.05) is 18.8 Å². The van der Waals surface area contributed by atoms with Crippen LogP contribution >= 0.6 is 15.9 Å². The highest BCUT2D eigenvalue weighted by molar-refractivity contribution is 9.10. The van der Waals surface area contributed by atoms with Gasteiger partial charge in [0.15, 0.2) is 0 Å². The molecule has 0 amide bonds. The van der Waals surface area contributed by atoms with E-state index in [0.717, 1.165) is 23.3 Å². The number of pyridine rings is 1. The third-order valence-electron chi connectivity index (χ3n) is 3.26. The number of rotatable bonds is 3. The maximum atomic E-state index is 6.11. The second kappa shape index (κ2) is 5.64. The summed E-state index contributed by atoms with van der Waals surface area (Å²) in [7, 11) is 0. The smallest absolute Gasteiger partial charge is 0.140 e. The molecule has 0 saturated heterocycles. The predicted molar refractivity (Wildman–Crippen MR) is 70.4 cm³/mol. The summed E-state index contributed by atoms with van der Waals surface area (Å²) in [5.74, 6) is 1.50. The van der Waals surface area contributed by atoms with E-state index in [9.17, 15) is 0 Å². The van der Waals surface area contributed by atoms with Gasteiger partial charge >= 0.3 is 0 Å². The molecule has 1 aliphatic rings. The second-order valence-electron chi connectivity index (χ2n) is 4.42. The summed E-state index contributed by atoms with van der Waals surface area (Å²) in [6.45, 7) is 0.927. The third-order valence-corrected chi connectivity index (χ3v) is 3.90. The van der Waals surface area contributed by atoms with Gasteiger partial charge in [-0.2, -0.15) is 0 Å². The number of hydrogen-bond donors (Lipinski definition) is 2. The monoisotopic (exact) mass is 283 g/mol. The quantitative estimate of drug-likeness (QED) is 0.897. The van der Waals surface area contributed by atoms with E-state index in [0.29, 0.717) is 12.0 Å². The Morgan fingerprint density at radius 3 is 3.00 bits per heavy atom. The molecule has 1 saturated carbocycles. The van der Waals surface area contributed by atoms with Crippen molar-refractivity contribution in [1.82, 2.24) is 4.98 Å². The lowest BCUT2D eigenvalue weighted by Crippen LogP contribution is -2.37. The van der Waals surface area contributed by atoms with Gasteiger partial charge in [0.25, 0.3) is 0 Å². The molecule has 3 N–H and O–H groups in total. The lowest BCUT2D eigenvalue weighted by molar-refractivity contribution is 0.321. The average molecular weight is 284 g/mol. The third kappa shape index (κ3) is 2.95. The van der Waals surface area contributed by atoms with Crippen molar-refractivity contribution in [1.29, 1.82) is 0 Å². The fourth-order valence-corrected chi connectivity index (χ4v) is 2.63. The molecule has 1 fully saturated rings. The summed E-state index contributed by atoms with van der Waals surface area (Å²) < 4.78 is 1.01. The maximum absolute atomic E-state index is 6.11. The van der Waals surface area contributed by atoms with E-state index in [1.54, 1.807) is 6.20 Å². The van der Waals surface area contributed by atoms with Crippen LogP contribution in [0.15, 0.2) is 22.8 Å². The Labute approximate surface area is 105 Å². The molecule has 88 valence electrons. The maximum Gasteiger partial charge on any atom is 0.140 e. The van der Waals surface area contributed by atoms with Gasteiger partial charge in [-0.1, -0.05) is 12.8 Å². The average Bonchev–Trinajstić information content (AvgIpc) is 2.30. The van der Waals surface area contributed by atoms with Gasteiger partial charge in [-0.3, -0.25) is 0 Å². The zero-order valence-electron chi connectivity index (χ0n) is 9.32. The first-order valence-corrected chi connectivity index (χ1v) is 6.66. The van der Waals surface area contributed by atoms with E-state index in [4.69, 9.17) is 5.73 Å². The minimum atomic E-state index is 0.351. The van der Waals surface area contributed by atoms with Crippen LogP contribution in [0.25, 0.3) is 0 Å². The SMILES string of the molecule is NC1CCCCC1CNc1ncccc1Br. The Kier molecular flexibility index (Phi) is 4.18. The van der Waals surface area contributed by atoms with Gasteiger partial charge in [-0.25, -0.2) is 4.98 Å². The van der Waals surface area contributed by atoms with Gasteiger partial charge in [-0.05, 0) is 46.8 Å². The molecule has 1 heterocycles. The van der Waals surface area contributed by atoms with E-state index in [1.165, 1.54) is 19.3 Å². The predicted octanol–water partition coefficient (Wildman–Crippen LogP) is 2.77. The van der Waals surface area contributed by atoms with Crippen molar-refractivity contribution < 1.29 is 0 Å². The van der Waals surface area contributed by atoms with E-state index in [1.807, 2.05) is 12.1 Å². The van der Waals surface area contributed by atoms with Crippen LogP contribution < -0.4 is 11.1 Å². The summed E-state index contributed by atoms with van der Waals surface area (Å²) in [5.41, 5.74) is 6.11. The van der Waals surface area contributed by atoms with Crippen molar-refractivity contribution >= 4 is 21.7 Å². The Morgan fingerprint density at radius 2 is 2.25 bits per heavy atom. The summed E-state index contributed by atoms with van der Waals surface area (Å²) in [4.78, 5) is 4.29. The highest BCUT2D eigenvalue weighted by atomic mass is 79.9. The molecule has 16 heavy (non-hydrogen) atoms. The molecule has 2 atom stereocenters. The Hall–Kier alpha value is -0.610. The fourth-order valence-electron chi connectivity index (χ4n) is 2.23. The molecule has 1 aromatic heterocycles. The summed E-state index contributed by atoms with van der Waals surface area (Å²) >= 11 is 3.48. The zero-order valence-corrected chi connectivity index (χ0v) is 10.9. The summed E-state index contributed by atoms with van der Waals surface area (Å²) in [5, 5.41) is 3.38. The van der Waals surface area contributed by atoms with Gasteiger partial charge in [0.05, 0.1) is 4.47 Å². The molecule has 2 rings (SSSR count). The van der Waals surface area contributed by atoms with Crippen LogP contribution in [-0.4, -0.2) is 17.6 Å². The minimum Gasteiger partial charge on any atom is -0.369 e. The molecule has 1 aromatic rings. The van der Waals surface area contributed by atoms with Crippen LogP contribution in [0, 0.1) is 5.92 Å². The normalized spacial score (nSPS) is 25.4. The first kappa shape index (κ1) is 11.9. The van der Waals surface area contributed by atoms with Crippen LogP contribution in [0.1, 0.15) is 25.7 Å². The van der Waals surface area contributed by atoms with Crippen LogP contribution in [0.3, 0.4) is 0 Å². The molecule has 0 bridgehead atoms. The topological polar surface area (TPSA) is 50.9 Å². The van der Waals surface area contributed by atoms with Crippen molar-refractivity contribution in [3.8, 4) is 0 Å². The molecule has 2 unspecified atom stereocenters. The number of nitrogens with two attached hydrogens (primary N) is 1. The molecular weight excluding hydrogens is 266 g/mol. The second-order valence-corrected chi connectivity index (χ2v) is 5.28. The van der Waals surface area contributed by atoms with E-state index in [-0.39, 0.29) is 0 Å². The Morgan fingerprint density at radius 1 is 1.44 bits per heavy atom. The van der Waals surface area contributed by atoms with Gasteiger partial charge in [-0.15, -0.1) is 0 Å². The number of aromatic nitrogens is 1. The molecule has 0 radical (unpaired) electrons. The van der Waals surface area contributed by atoms with Gasteiger partial charge in [0.2, 0.25) is 0 Å². The summed E-state index contributed by atoms with van der Waals surface area (Å²) in [6.07, 6.45) is 6.79. The largest absolute Gasteiger partial charge is 0.369 e. The summed E-state index contributed by atoms with van der Waals surface area (Å²) in [6, 6.07) is 4.27. The number of nitrogens with zero attached hydrogens (tertiary/aromatic N) is 1.